The standard InChI is InChI=1S/C19H16F2N2O2/c20-19(21)6-8-23(9-7-19)18(25)15-3-1-2-14(11-15)16-10-13(12-22)4-5-17(16)24/h1-5,10-11,24H,6-9H2. The fourth-order valence-electron chi connectivity index (χ4n) is 2.88. The first-order chi connectivity index (χ1) is 11.9. The summed E-state index contributed by atoms with van der Waals surface area (Å²) in [4.78, 5) is 14.0. The maximum atomic E-state index is 13.3. The zero-order valence-electron chi connectivity index (χ0n) is 13.4. The average Bonchev–Trinajstić information content (AvgIpc) is 2.62. The molecule has 1 saturated heterocycles. The van der Waals surface area contributed by atoms with Gasteiger partial charge in [0, 0.05) is 37.1 Å². The zero-order chi connectivity index (χ0) is 18.0. The molecule has 2 aromatic carbocycles. The number of nitriles is 1. The molecule has 0 aliphatic carbocycles. The number of carbonyl (C=O) groups is 1. The number of rotatable bonds is 2. The summed E-state index contributed by atoms with van der Waals surface area (Å²) in [5, 5.41) is 19.0. The Bertz CT molecular complexity index is 849. The third-order valence-corrected chi connectivity index (χ3v) is 4.33. The summed E-state index contributed by atoms with van der Waals surface area (Å²) in [6, 6.07) is 13.1. The molecule has 1 aliphatic rings. The van der Waals surface area contributed by atoms with Gasteiger partial charge in [-0.3, -0.25) is 4.79 Å². The predicted molar refractivity (Wildman–Crippen MR) is 88.3 cm³/mol. The quantitative estimate of drug-likeness (QED) is 0.903. The van der Waals surface area contributed by atoms with Crippen LogP contribution in [0, 0.1) is 11.3 Å². The lowest BCUT2D eigenvalue weighted by Crippen LogP contribution is -2.42. The van der Waals surface area contributed by atoms with E-state index in [4.69, 9.17) is 5.26 Å². The first kappa shape index (κ1) is 16.9. The van der Waals surface area contributed by atoms with E-state index >= 15 is 0 Å². The van der Waals surface area contributed by atoms with E-state index in [0.717, 1.165) is 0 Å². The van der Waals surface area contributed by atoms with E-state index in [1.165, 1.54) is 17.0 Å². The molecule has 0 aromatic heterocycles. The van der Waals surface area contributed by atoms with E-state index in [2.05, 4.69) is 0 Å². The van der Waals surface area contributed by atoms with E-state index in [9.17, 15) is 18.7 Å². The van der Waals surface area contributed by atoms with Gasteiger partial charge in [0.25, 0.3) is 11.8 Å². The van der Waals surface area contributed by atoms with Crippen LogP contribution in [0.1, 0.15) is 28.8 Å². The van der Waals surface area contributed by atoms with Crippen LogP contribution in [0.15, 0.2) is 42.5 Å². The second-order valence-electron chi connectivity index (χ2n) is 6.07. The van der Waals surface area contributed by atoms with Crippen LogP contribution in [-0.4, -0.2) is 34.9 Å². The number of halogens is 2. The normalized spacial score (nSPS) is 16.3. The molecule has 25 heavy (non-hydrogen) atoms. The van der Waals surface area contributed by atoms with Gasteiger partial charge in [0.15, 0.2) is 0 Å². The summed E-state index contributed by atoms with van der Waals surface area (Å²) >= 11 is 0. The van der Waals surface area contributed by atoms with E-state index in [1.807, 2.05) is 6.07 Å². The molecule has 6 heteroatoms. The van der Waals surface area contributed by atoms with Crippen molar-refractivity contribution in [3.63, 3.8) is 0 Å². The number of nitrogens with zero attached hydrogens (tertiary/aromatic N) is 2. The highest BCUT2D eigenvalue weighted by Crippen LogP contribution is 2.32. The van der Waals surface area contributed by atoms with Gasteiger partial charge in [-0.25, -0.2) is 8.78 Å². The van der Waals surface area contributed by atoms with Gasteiger partial charge in [-0.1, -0.05) is 12.1 Å². The smallest absolute Gasteiger partial charge is 0.253 e. The predicted octanol–water partition coefficient (Wildman–Crippen LogP) is 3.80. The van der Waals surface area contributed by atoms with E-state index in [0.29, 0.717) is 22.3 Å². The number of aromatic hydroxyl groups is 1. The molecule has 0 spiro atoms. The van der Waals surface area contributed by atoms with Gasteiger partial charge >= 0.3 is 0 Å². The molecule has 2 aromatic rings. The van der Waals surface area contributed by atoms with E-state index in [1.54, 1.807) is 30.3 Å². The van der Waals surface area contributed by atoms with Crippen molar-refractivity contribution in [1.29, 1.82) is 5.26 Å². The van der Waals surface area contributed by atoms with Crippen molar-refractivity contribution in [2.45, 2.75) is 18.8 Å². The average molecular weight is 342 g/mol. The number of amides is 1. The van der Waals surface area contributed by atoms with Crippen LogP contribution in [0.5, 0.6) is 5.75 Å². The molecular formula is C19H16F2N2O2. The number of hydrogen-bond donors (Lipinski definition) is 1. The van der Waals surface area contributed by atoms with E-state index in [-0.39, 0.29) is 37.6 Å². The molecular weight excluding hydrogens is 326 g/mol. The number of carbonyl (C=O) groups excluding carboxylic acids is 1. The Labute approximate surface area is 143 Å². The van der Waals surface area contributed by atoms with Crippen molar-refractivity contribution in [3.8, 4) is 22.9 Å². The second-order valence-corrected chi connectivity index (χ2v) is 6.07. The van der Waals surface area contributed by atoms with Gasteiger partial charge in [-0.2, -0.15) is 5.26 Å². The van der Waals surface area contributed by atoms with Gasteiger partial charge in [-0.05, 0) is 35.9 Å². The topological polar surface area (TPSA) is 64.3 Å². The molecule has 0 radical (unpaired) electrons. The number of hydrogen-bond acceptors (Lipinski definition) is 3. The number of benzene rings is 2. The molecule has 0 bridgehead atoms. The maximum Gasteiger partial charge on any atom is 0.253 e. The minimum absolute atomic E-state index is 0.00112. The van der Waals surface area contributed by atoms with Gasteiger partial charge in [0.05, 0.1) is 11.6 Å². The molecule has 0 saturated carbocycles. The number of phenols is 1. The Morgan fingerprint density at radius 1 is 1.16 bits per heavy atom. The van der Waals surface area contributed by atoms with Crippen LogP contribution in [0.2, 0.25) is 0 Å². The molecule has 1 amide bonds. The molecule has 1 heterocycles. The van der Waals surface area contributed by atoms with Crippen LogP contribution in [0.25, 0.3) is 11.1 Å². The van der Waals surface area contributed by atoms with Crippen molar-refractivity contribution < 1.29 is 18.7 Å². The van der Waals surface area contributed by atoms with Crippen LogP contribution >= 0.6 is 0 Å². The fourth-order valence-corrected chi connectivity index (χ4v) is 2.88. The monoisotopic (exact) mass is 342 g/mol. The summed E-state index contributed by atoms with van der Waals surface area (Å²) in [7, 11) is 0. The molecule has 0 atom stereocenters. The molecule has 1 fully saturated rings. The summed E-state index contributed by atoms with van der Waals surface area (Å²) in [5.74, 6) is -3.02. The lowest BCUT2D eigenvalue weighted by molar-refractivity contribution is -0.0494. The number of piperidine rings is 1. The van der Waals surface area contributed by atoms with Crippen molar-refractivity contribution in [2.24, 2.45) is 0 Å². The van der Waals surface area contributed by atoms with Crippen molar-refractivity contribution in [1.82, 2.24) is 4.90 Å². The summed E-state index contributed by atoms with van der Waals surface area (Å²) in [5.41, 5.74) is 1.79. The fraction of sp³-hybridized carbons (Fsp3) is 0.263. The number of likely N-dealkylation sites (tertiary alicyclic amines) is 1. The molecule has 1 N–H and O–H groups in total. The highest BCUT2D eigenvalue weighted by atomic mass is 19.3. The van der Waals surface area contributed by atoms with Crippen LogP contribution in [0.4, 0.5) is 8.78 Å². The molecule has 128 valence electrons. The van der Waals surface area contributed by atoms with Gasteiger partial charge in [-0.15, -0.1) is 0 Å². The first-order valence-electron chi connectivity index (χ1n) is 7.90. The van der Waals surface area contributed by atoms with Crippen LogP contribution in [0.3, 0.4) is 0 Å². The molecule has 3 rings (SSSR count). The van der Waals surface area contributed by atoms with Crippen molar-refractivity contribution >= 4 is 5.91 Å². The highest BCUT2D eigenvalue weighted by molar-refractivity contribution is 5.95. The van der Waals surface area contributed by atoms with Crippen molar-refractivity contribution in [3.05, 3.63) is 53.6 Å². The lowest BCUT2D eigenvalue weighted by Gasteiger charge is -2.31. The third-order valence-electron chi connectivity index (χ3n) is 4.33. The SMILES string of the molecule is N#Cc1ccc(O)c(-c2cccc(C(=O)N3CCC(F)(F)CC3)c2)c1. The Hall–Kier alpha value is -2.94. The number of phenolic OH excluding ortho intramolecular Hbond substituents is 1. The van der Waals surface area contributed by atoms with Crippen LogP contribution in [-0.2, 0) is 0 Å². The van der Waals surface area contributed by atoms with E-state index < -0.39 is 5.92 Å². The lowest BCUT2D eigenvalue weighted by atomic mass is 9.99. The number of alkyl halides is 2. The highest BCUT2D eigenvalue weighted by Gasteiger charge is 2.35. The second kappa shape index (κ2) is 6.52. The zero-order valence-corrected chi connectivity index (χ0v) is 13.4. The Balaban J connectivity index is 1.87. The van der Waals surface area contributed by atoms with Crippen LogP contribution < -0.4 is 0 Å². The minimum Gasteiger partial charge on any atom is -0.507 e. The summed E-state index contributed by atoms with van der Waals surface area (Å²) in [6.07, 6.45) is -0.660. The largest absolute Gasteiger partial charge is 0.507 e. The Morgan fingerprint density at radius 3 is 2.56 bits per heavy atom. The Morgan fingerprint density at radius 2 is 1.88 bits per heavy atom. The first-order valence-corrected chi connectivity index (χ1v) is 7.90. The third kappa shape index (κ3) is 3.61. The van der Waals surface area contributed by atoms with Gasteiger partial charge < -0.3 is 10.0 Å². The van der Waals surface area contributed by atoms with Crippen molar-refractivity contribution in [2.75, 3.05) is 13.1 Å². The molecule has 1 aliphatic heterocycles. The van der Waals surface area contributed by atoms with Gasteiger partial charge in [0.1, 0.15) is 5.75 Å². The summed E-state index contributed by atoms with van der Waals surface area (Å²) < 4.78 is 26.5. The Kier molecular flexibility index (Phi) is 4.41. The molecule has 4 nitrogen and oxygen atoms in total. The van der Waals surface area contributed by atoms with Gasteiger partial charge in [0.2, 0.25) is 0 Å². The summed E-state index contributed by atoms with van der Waals surface area (Å²) in [6.45, 7) is 0.0382. The molecule has 0 unspecified atom stereocenters. The maximum absolute atomic E-state index is 13.3. The minimum atomic E-state index is -2.71.